The van der Waals surface area contributed by atoms with E-state index < -0.39 is 28.5 Å². The van der Waals surface area contributed by atoms with E-state index >= 15 is 0 Å². The van der Waals surface area contributed by atoms with Crippen LogP contribution in [-0.4, -0.2) is 63.4 Å². The molecule has 10 nitrogen and oxygen atoms in total. The molecular formula is C22H25N3O7S. The molecule has 33 heavy (non-hydrogen) atoms. The zero-order valence-electron chi connectivity index (χ0n) is 18.3. The monoisotopic (exact) mass is 475 g/mol. The van der Waals surface area contributed by atoms with Crippen molar-refractivity contribution in [3.05, 3.63) is 53.6 Å². The van der Waals surface area contributed by atoms with Crippen LogP contribution in [0.25, 0.3) is 0 Å². The van der Waals surface area contributed by atoms with Crippen LogP contribution in [0.1, 0.15) is 22.8 Å². The van der Waals surface area contributed by atoms with Gasteiger partial charge in [0.2, 0.25) is 15.9 Å². The van der Waals surface area contributed by atoms with E-state index in [1.54, 1.807) is 31.2 Å². The van der Waals surface area contributed by atoms with Crippen LogP contribution in [0, 0.1) is 6.92 Å². The molecule has 1 heterocycles. The number of ether oxygens (including phenoxy) is 2. The predicted molar refractivity (Wildman–Crippen MR) is 120 cm³/mol. The summed E-state index contributed by atoms with van der Waals surface area (Å²) in [5.74, 6) is -1.56. The van der Waals surface area contributed by atoms with Gasteiger partial charge in [-0.05, 0) is 48.9 Å². The van der Waals surface area contributed by atoms with Gasteiger partial charge >= 0.3 is 5.97 Å². The van der Waals surface area contributed by atoms with Crippen molar-refractivity contribution in [1.82, 2.24) is 4.31 Å². The lowest BCUT2D eigenvalue weighted by Gasteiger charge is -2.26. The number of rotatable bonds is 7. The second kappa shape index (κ2) is 10.6. The number of hydrogen-bond acceptors (Lipinski definition) is 7. The number of aryl methyl sites for hydroxylation is 1. The molecule has 1 saturated heterocycles. The van der Waals surface area contributed by atoms with E-state index in [0.29, 0.717) is 24.5 Å². The summed E-state index contributed by atoms with van der Waals surface area (Å²) in [5, 5.41) is 5.13. The first kappa shape index (κ1) is 24.4. The number of benzene rings is 2. The standard InChI is InChI=1S/C22H25N3O7S/c1-15-3-6-19(13-20(15)33(29,30)25-9-11-31-12-10-25)24-21(27)14-32-22(28)17-4-7-18(8-5-17)23-16(2)26/h3-8,13H,9-12,14H2,1-2H3,(H,23,26)(H,24,27). The molecule has 0 unspecified atom stereocenters. The summed E-state index contributed by atoms with van der Waals surface area (Å²) in [6.07, 6.45) is 0. The average molecular weight is 476 g/mol. The van der Waals surface area contributed by atoms with Gasteiger partial charge in [-0.25, -0.2) is 13.2 Å². The molecular weight excluding hydrogens is 450 g/mol. The molecule has 0 aromatic heterocycles. The quantitative estimate of drug-likeness (QED) is 0.584. The summed E-state index contributed by atoms with van der Waals surface area (Å²) in [6, 6.07) is 10.6. The number of sulfonamides is 1. The second-order valence-electron chi connectivity index (χ2n) is 7.38. The van der Waals surface area contributed by atoms with Gasteiger partial charge in [0.25, 0.3) is 5.91 Å². The molecule has 0 atom stereocenters. The topological polar surface area (TPSA) is 131 Å². The highest BCUT2D eigenvalue weighted by Gasteiger charge is 2.28. The molecule has 2 aromatic carbocycles. The molecule has 0 radical (unpaired) electrons. The summed E-state index contributed by atoms with van der Waals surface area (Å²) in [7, 11) is -3.73. The van der Waals surface area contributed by atoms with Gasteiger partial charge < -0.3 is 20.1 Å². The number of anilines is 2. The van der Waals surface area contributed by atoms with Gasteiger partial charge in [0, 0.05) is 31.4 Å². The van der Waals surface area contributed by atoms with Crippen molar-refractivity contribution in [1.29, 1.82) is 0 Å². The largest absolute Gasteiger partial charge is 0.452 e. The lowest BCUT2D eigenvalue weighted by Crippen LogP contribution is -2.40. The Morgan fingerprint density at radius 2 is 1.64 bits per heavy atom. The lowest BCUT2D eigenvalue weighted by molar-refractivity contribution is -0.119. The molecule has 3 rings (SSSR count). The van der Waals surface area contributed by atoms with E-state index in [-0.39, 0.29) is 35.1 Å². The van der Waals surface area contributed by atoms with Crippen LogP contribution >= 0.6 is 0 Å². The minimum atomic E-state index is -3.73. The van der Waals surface area contributed by atoms with Crippen LogP contribution in [0.4, 0.5) is 11.4 Å². The van der Waals surface area contributed by atoms with E-state index in [9.17, 15) is 22.8 Å². The Labute approximate surface area is 191 Å². The third-order valence-corrected chi connectivity index (χ3v) is 6.88. The molecule has 176 valence electrons. The summed E-state index contributed by atoms with van der Waals surface area (Å²) < 4.78 is 37.5. The first-order chi connectivity index (χ1) is 15.7. The van der Waals surface area contributed by atoms with Crippen LogP contribution in [0.15, 0.2) is 47.4 Å². The highest BCUT2D eigenvalue weighted by molar-refractivity contribution is 7.89. The van der Waals surface area contributed by atoms with Crippen LogP contribution in [0.3, 0.4) is 0 Å². The summed E-state index contributed by atoms with van der Waals surface area (Å²) in [4.78, 5) is 35.6. The van der Waals surface area contributed by atoms with Crippen molar-refractivity contribution in [3.63, 3.8) is 0 Å². The number of morpholine rings is 1. The number of carbonyl (C=O) groups excluding carboxylic acids is 3. The van der Waals surface area contributed by atoms with Crippen LogP contribution in [-0.2, 0) is 29.1 Å². The van der Waals surface area contributed by atoms with E-state index in [0.717, 1.165) is 0 Å². The number of nitrogens with one attached hydrogen (secondary N) is 2. The van der Waals surface area contributed by atoms with Gasteiger partial charge in [-0.1, -0.05) is 6.07 Å². The smallest absolute Gasteiger partial charge is 0.338 e. The second-order valence-corrected chi connectivity index (χ2v) is 9.29. The minimum Gasteiger partial charge on any atom is -0.452 e. The zero-order valence-corrected chi connectivity index (χ0v) is 19.1. The molecule has 1 fully saturated rings. The highest BCUT2D eigenvalue weighted by Crippen LogP contribution is 2.24. The summed E-state index contributed by atoms with van der Waals surface area (Å²) in [5.41, 5.74) is 1.56. The molecule has 2 amide bonds. The lowest BCUT2D eigenvalue weighted by atomic mass is 10.2. The maximum atomic E-state index is 13.0. The molecule has 0 saturated carbocycles. The zero-order chi connectivity index (χ0) is 24.0. The molecule has 1 aliphatic rings. The Kier molecular flexibility index (Phi) is 7.79. The Bertz CT molecular complexity index is 1140. The van der Waals surface area contributed by atoms with Crippen molar-refractivity contribution >= 4 is 39.2 Å². The van der Waals surface area contributed by atoms with Gasteiger partial charge in [0.15, 0.2) is 6.61 Å². The van der Waals surface area contributed by atoms with Crippen molar-refractivity contribution in [2.75, 3.05) is 43.5 Å². The summed E-state index contributed by atoms with van der Waals surface area (Å²) >= 11 is 0. The van der Waals surface area contributed by atoms with Crippen LogP contribution in [0.5, 0.6) is 0 Å². The fourth-order valence-electron chi connectivity index (χ4n) is 3.19. The average Bonchev–Trinajstić information content (AvgIpc) is 2.79. The van der Waals surface area contributed by atoms with Crippen molar-refractivity contribution < 1.29 is 32.3 Å². The summed E-state index contributed by atoms with van der Waals surface area (Å²) in [6.45, 7) is 3.69. The number of esters is 1. The molecule has 11 heteroatoms. The number of carbonyl (C=O) groups is 3. The fourth-order valence-corrected chi connectivity index (χ4v) is 4.84. The van der Waals surface area contributed by atoms with Gasteiger partial charge in [0.05, 0.1) is 23.7 Å². The van der Waals surface area contributed by atoms with Crippen LogP contribution < -0.4 is 10.6 Å². The Morgan fingerprint density at radius 3 is 2.27 bits per heavy atom. The third kappa shape index (κ3) is 6.37. The van der Waals surface area contributed by atoms with Crippen molar-refractivity contribution in [2.24, 2.45) is 0 Å². The van der Waals surface area contributed by atoms with E-state index in [1.807, 2.05) is 0 Å². The van der Waals surface area contributed by atoms with E-state index in [1.165, 1.54) is 29.4 Å². The van der Waals surface area contributed by atoms with E-state index in [4.69, 9.17) is 9.47 Å². The molecule has 0 bridgehead atoms. The fraction of sp³-hybridized carbons (Fsp3) is 0.318. The number of nitrogens with zero attached hydrogens (tertiary/aromatic N) is 1. The highest BCUT2D eigenvalue weighted by atomic mass is 32.2. The van der Waals surface area contributed by atoms with Crippen LogP contribution in [0.2, 0.25) is 0 Å². The normalized spacial score (nSPS) is 14.4. The first-order valence-corrected chi connectivity index (χ1v) is 11.6. The SMILES string of the molecule is CC(=O)Nc1ccc(C(=O)OCC(=O)Nc2ccc(C)c(S(=O)(=O)N3CCOCC3)c2)cc1. The Morgan fingerprint density at radius 1 is 1.00 bits per heavy atom. The van der Waals surface area contributed by atoms with Gasteiger partial charge in [-0.2, -0.15) is 4.31 Å². The number of amides is 2. The number of hydrogen-bond donors (Lipinski definition) is 2. The Balaban J connectivity index is 1.60. The van der Waals surface area contributed by atoms with Gasteiger partial charge in [-0.15, -0.1) is 0 Å². The van der Waals surface area contributed by atoms with Crippen molar-refractivity contribution in [3.8, 4) is 0 Å². The molecule has 2 N–H and O–H groups in total. The molecule has 0 spiro atoms. The van der Waals surface area contributed by atoms with Crippen molar-refractivity contribution in [2.45, 2.75) is 18.7 Å². The third-order valence-electron chi connectivity index (χ3n) is 4.84. The maximum Gasteiger partial charge on any atom is 0.338 e. The maximum absolute atomic E-state index is 13.0. The minimum absolute atomic E-state index is 0.0958. The first-order valence-electron chi connectivity index (χ1n) is 10.2. The Hall–Kier alpha value is -3.28. The predicted octanol–water partition coefficient (Wildman–Crippen LogP) is 1.77. The molecule has 2 aromatic rings. The van der Waals surface area contributed by atoms with Gasteiger partial charge in [-0.3, -0.25) is 9.59 Å². The van der Waals surface area contributed by atoms with E-state index in [2.05, 4.69) is 10.6 Å². The molecule has 0 aliphatic carbocycles. The van der Waals surface area contributed by atoms with Gasteiger partial charge in [0.1, 0.15) is 0 Å². The molecule has 1 aliphatic heterocycles.